The molecule has 0 aromatic heterocycles. The van der Waals surface area contributed by atoms with Crippen molar-refractivity contribution >= 4 is 11.8 Å². The Morgan fingerprint density at radius 3 is 2.57 bits per heavy atom. The van der Waals surface area contributed by atoms with Crippen molar-refractivity contribution in [2.75, 3.05) is 13.1 Å². The van der Waals surface area contributed by atoms with Crippen LogP contribution in [0, 0.1) is 13.8 Å². The first kappa shape index (κ1) is 17.5. The van der Waals surface area contributed by atoms with E-state index in [4.69, 9.17) is 0 Å². The molecule has 0 bridgehead atoms. The van der Waals surface area contributed by atoms with Crippen molar-refractivity contribution in [2.24, 2.45) is 0 Å². The smallest absolute Gasteiger partial charge is 0.251 e. The van der Waals surface area contributed by atoms with E-state index >= 15 is 0 Å². The molecule has 5 nitrogen and oxygen atoms in total. The van der Waals surface area contributed by atoms with E-state index in [1.54, 1.807) is 11.8 Å². The second-order valence-electron chi connectivity index (χ2n) is 6.53. The molecule has 2 N–H and O–H groups in total. The highest BCUT2D eigenvalue weighted by molar-refractivity contribution is 5.96. The maximum absolute atomic E-state index is 12.3. The van der Waals surface area contributed by atoms with E-state index in [0.29, 0.717) is 18.5 Å². The van der Waals surface area contributed by atoms with Crippen LogP contribution in [-0.4, -0.2) is 47.1 Å². The van der Waals surface area contributed by atoms with Crippen LogP contribution in [0.1, 0.15) is 47.7 Å². The monoisotopic (exact) mass is 318 g/mol. The lowest BCUT2D eigenvalue weighted by Crippen LogP contribution is -2.43. The standard InChI is InChI=1S/C18H26N2O3/c1-12-7-13(2)9-15(8-12)18(23)19-11-17(22)20-6-4-5-16(20)10-14(3)21/h7-9,14,16,21H,4-6,10-11H2,1-3H3,(H,19,23). The van der Waals surface area contributed by atoms with Gasteiger partial charge in [0.1, 0.15) is 0 Å². The van der Waals surface area contributed by atoms with Crippen LogP contribution in [0.4, 0.5) is 0 Å². The zero-order valence-electron chi connectivity index (χ0n) is 14.1. The van der Waals surface area contributed by atoms with E-state index < -0.39 is 6.10 Å². The summed E-state index contributed by atoms with van der Waals surface area (Å²) in [6.07, 6.45) is 2.05. The van der Waals surface area contributed by atoms with Crippen molar-refractivity contribution < 1.29 is 14.7 Å². The molecule has 0 aliphatic carbocycles. The largest absolute Gasteiger partial charge is 0.393 e. The number of amides is 2. The average Bonchev–Trinajstić information content (AvgIpc) is 2.90. The van der Waals surface area contributed by atoms with E-state index in [1.165, 1.54) is 0 Å². The van der Waals surface area contributed by atoms with Gasteiger partial charge >= 0.3 is 0 Å². The zero-order valence-corrected chi connectivity index (χ0v) is 14.1. The number of carbonyl (C=O) groups excluding carboxylic acids is 2. The molecular formula is C18H26N2O3. The third kappa shape index (κ3) is 4.79. The van der Waals surface area contributed by atoms with Crippen molar-refractivity contribution in [3.63, 3.8) is 0 Å². The molecule has 126 valence electrons. The summed E-state index contributed by atoms with van der Waals surface area (Å²) in [5.41, 5.74) is 2.63. The van der Waals surface area contributed by atoms with Crippen molar-refractivity contribution in [3.05, 3.63) is 34.9 Å². The lowest BCUT2D eigenvalue weighted by Gasteiger charge is -2.25. The number of nitrogens with one attached hydrogen (secondary N) is 1. The Morgan fingerprint density at radius 1 is 1.30 bits per heavy atom. The van der Waals surface area contributed by atoms with Gasteiger partial charge in [-0.15, -0.1) is 0 Å². The summed E-state index contributed by atoms with van der Waals surface area (Å²) in [4.78, 5) is 26.3. The van der Waals surface area contributed by atoms with E-state index in [2.05, 4.69) is 5.32 Å². The van der Waals surface area contributed by atoms with Gasteiger partial charge in [-0.3, -0.25) is 9.59 Å². The molecule has 1 aromatic rings. The van der Waals surface area contributed by atoms with Gasteiger partial charge in [-0.25, -0.2) is 0 Å². The number of aliphatic hydroxyl groups is 1. The minimum absolute atomic E-state index is 0.00212. The molecule has 0 radical (unpaired) electrons. The predicted octanol–water partition coefficient (Wildman–Crippen LogP) is 1.80. The second-order valence-corrected chi connectivity index (χ2v) is 6.53. The third-order valence-corrected chi connectivity index (χ3v) is 4.19. The van der Waals surface area contributed by atoms with Gasteiger partial charge in [0.2, 0.25) is 5.91 Å². The zero-order chi connectivity index (χ0) is 17.0. The molecule has 2 rings (SSSR count). The van der Waals surface area contributed by atoms with Crippen molar-refractivity contribution in [1.29, 1.82) is 0 Å². The van der Waals surface area contributed by atoms with E-state index in [9.17, 15) is 14.7 Å². The summed E-state index contributed by atoms with van der Waals surface area (Å²) in [5.74, 6) is -0.303. The highest BCUT2D eigenvalue weighted by Crippen LogP contribution is 2.21. The van der Waals surface area contributed by atoms with Gasteiger partial charge < -0.3 is 15.3 Å². The topological polar surface area (TPSA) is 69.6 Å². The third-order valence-electron chi connectivity index (χ3n) is 4.19. The maximum atomic E-state index is 12.3. The van der Waals surface area contributed by atoms with Crippen LogP contribution in [0.3, 0.4) is 0 Å². The Hall–Kier alpha value is -1.88. The van der Waals surface area contributed by atoms with Gasteiger partial charge in [-0.2, -0.15) is 0 Å². The summed E-state index contributed by atoms with van der Waals surface area (Å²) >= 11 is 0. The summed E-state index contributed by atoms with van der Waals surface area (Å²) < 4.78 is 0. The molecule has 0 saturated carbocycles. The summed E-state index contributed by atoms with van der Waals surface area (Å²) in [6, 6.07) is 5.73. The van der Waals surface area contributed by atoms with Gasteiger partial charge in [0.25, 0.3) is 5.91 Å². The summed E-state index contributed by atoms with van der Waals surface area (Å²) in [6.45, 7) is 6.33. The number of aryl methyl sites for hydroxylation is 2. The van der Waals surface area contributed by atoms with Crippen molar-refractivity contribution in [3.8, 4) is 0 Å². The molecule has 1 aliphatic heterocycles. The Bertz CT molecular complexity index is 563. The molecule has 1 heterocycles. The van der Waals surface area contributed by atoms with Crippen LogP contribution in [0.15, 0.2) is 18.2 Å². The van der Waals surface area contributed by atoms with Gasteiger partial charge in [0.15, 0.2) is 0 Å². The SMILES string of the molecule is Cc1cc(C)cc(C(=O)NCC(=O)N2CCCC2CC(C)O)c1. The average molecular weight is 318 g/mol. The van der Waals surface area contributed by atoms with E-state index in [0.717, 1.165) is 24.0 Å². The first-order valence-electron chi connectivity index (χ1n) is 8.21. The van der Waals surface area contributed by atoms with Gasteiger partial charge in [0.05, 0.1) is 12.6 Å². The van der Waals surface area contributed by atoms with Gasteiger partial charge in [-0.05, 0) is 52.2 Å². The molecular weight excluding hydrogens is 292 g/mol. The number of aliphatic hydroxyl groups excluding tert-OH is 1. The van der Waals surface area contributed by atoms with Crippen LogP contribution < -0.4 is 5.32 Å². The molecule has 1 aromatic carbocycles. The first-order valence-corrected chi connectivity index (χ1v) is 8.21. The highest BCUT2D eigenvalue weighted by Gasteiger charge is 2.29. The quantitative estimate of drug-likeness (QED) is 0.870. The summed E-state index contributed by atoms with van der Waals surface area (Å²) in [5, 5.41) is 12.2. The number of benzene rings is 1. The number of carbonyl (C=O) groups is 2. The molecule has 2 atom stereocenters. The fraction of sp³-hybridized carbons (Fsp3) is 0.556. The number of hydrogen-bond donors (Lipinski definition) is 2. The molecule has 23 heavy (non-hydrogen) atoms. The van der Waals surface area contributed by atoms with Gasteiger partial charge in [-0.1, -0.05) is 17.2 Å². The highest BCUT2D eigenvalue weighted by atomic mass is 16.3. The van der Waals surface area contributed by atoms with Crippen molar-refractivity contribution in [1.82, 2.24) is 10.2 Å². The minimum atomic E-state index is -0.418. The number of hydrogen-bond acceptors (Lipinski definition) is 3. The fourth-order valence-electron chi connectivity index (χ4n) is 3.27. The molecule has 5 heteroatoms. The van der Waals surface area contributed by atoms with Crippen LogP contribution in [0.5, 0.6) is 0 Å². The number of likely N-dealkylation sites (tertiary alicyclic amines) is 1. The molecule has 2 unspecified atom stereocenters. The minimum Gasteiger partial charge on any atom is -0.393 e. The molecule has 2 amide bonds. The Kier molecular flexibility index (Phi) is 5.77. The fourth-order valence-corrected chi connectivity index (χ4v) is 3.27. The Morgan fingerprint density at radius 2 is 1.96 bits per heavy atom. The maximum Gasteiger partial charge on any atom is 0.251 e. The molecule has 1 saturated heterocycles. The number of rotatable bonds is 5. The normalized spacial score (nSPS) is 18.8. The van der Waals surface area contributed by atoms with Crippen LogP contribution in [-0.2, 0) is 4.79 Å². The van der Waals surface area contributed by atoms with Crippen LogP contribution in [0.2, 0.25) is 0 Å². The second kappa shape index (κ2) is 7.59. The molecule has 1 fully saturated rings. The Balaban J connectivity index is 1.92. The van der Waals surface area contributed by atoms with E-state index in [1.807, 2.05) is 32.0 Å². The molecule has 0 spiro atoms. The predicted molar refractivity (Wildman–Crippen MR) is 89.3 cm³/mol. The molecule has 1 aliphatic rings. The summed E-state index contributed by atoms with van der Waals surface area (Å²) in [7, 11) is 0. The van der Waals surface area contributed by atoms with Crippen LogP contribution >= 0.6 is 0 Å². The Labute approximate surface area is 137 Å². The van der Waals surface area contributed by atoms with Crippen molar-refractivity contribution in [2.45, 2.75) is 52.2 Å². The lowest BCUT2D eigenvalue weighted by atomic mass is 10.1. The first-order chi connectivity index (χ1) is 10.9. The number of nitrogens with zero attached hydrogens (tertiary/aromatic N) is 1. The van der Waals surface area contributed by atoms with E-state index in [-0.39, 0.29) is 24.4 Å². The van der Waals surface area contributed by atoms with Crippen LogP contribution in [0.25, 0.3) is 0 Å². The van der Waals surface area contributed by atoms with Gasteiger partial charge in [0, 0.05) is 18.2 Å². The lowest BCUT2D eigenvalue weighted by molar-refractivity contribution is -0.131.